The van der Waals surface area contributed by atoms with E-state index in [-0.39, 0.29) is 6.61 Å². The number of hydrogen-bond donors (Lipinski definition) is 1. The van der Waals surface area contributed by atoms with Crippen LogP contribution in [0, 0.1) is 12.1 Å². The van der Waals surface area contributed by atoms with Gasteiger partial charge in [0.25, 0.3) is 0 Å². The highest BCUT2D eigenvalue weighted by molar-refractivity contribution is 5.59. The Morgan fingerprint density at radius 3 is 2.62 bits per heavy atom. The van der Waals surface area contributed by atoms with Gasteiger partial charge in [0.1, 0.15) is 18.1 Å². The second-order valence-electron chi connectivity index (χ2n) is 4.13. The zero-order chi connectivity index (χ0) is 11.8. The summed E-state index contributed by atoms with van der Waals surface area (Å²) in [6.45, 7) is 3.69. The van der Waals surface area contributed by atoms with Crippen molar-refractivity contribution in [2.45, 2.75) is 20.5 Å². The Balaban J connectivity index is 2.57. The molecule has 0 bridgehead atoms. The van der Waals surface area contributed by atoms with Crippen molar-refractivity contribution in [3.63, 3.8) is 0 Å². The fourth-order valence-electron chi connectivity index (χ4n) is 1.99. The molecule has 84 valence electrons. The SMILES string of the molecule is CC1=C[N+]([O-])(c2cccc(C)c2CO)C=C1. The van der Waals surface area contributed by atoms with Gasteiger partial charge in [-0.1, -0.05) is 12.1 Å². The Hall–Kier alpha value is -1.42. The number of hydrogen-bond acceptors (Lipinski definition) is 2. The number of aliphatic hydroxyl groups excluding tert-OH is 1. The Morgan fingerprint density at radius 2 is 2.06 bits per heavy atom. The maximum atomic E-state index is 12.5. The molecule has 16 heavy (non-hydrogen) atoms. The summed E-state index contributed by atoms with van der Waals surface area (Å²) in [4.78, 5) is 0. The van der Waals surface area contributed by atoms with E-state index >= 15 is 0 Å². The molecule has 1 aliphatic rings. The molecule has 3 heteroatoms. The van der Waals surface area contributed by atoms with Crippen LogP contribution in [-0.2, 0) is 6.61 Å². The van der Waals surface area contributed by atoms with Crippen LogP contribution in [0.1, 0.15) is 18.1 Å². The zero-order valence-corrected chi connectivity index (χ0v) is 9.47. The standard InChI is InChI=1S/C13H15NO2/c1-10-6-7-14(16,8-10)13-5-3-4-11(2)12(13)9-15/h3-8,15H,9H2,1-2H3. The first-order chi connectivity index (χ1) is 7.57. The van der Waals surface area contributed by atoms with Gasteiger partial charge in [0, 0.05) is 23.3 Å². The van der Waals surface area contributed by atoms with Crippen molar-refractivity contribution in [1.29, 1.82) is 0 Å². The lowest BCUT2D eigenvalue weighted by molar-refractivity contribution is 0.280. The molecule has 1 aromatic rings. The zero-order valence-electron chi connectivity index (χ0n) is 9.47. The molecule has 1 heterocycles. The molecule has 0 amide bonds. The van der Waals surface area contributed by atoms with Gasteiger partial charge < -0.3 is 10.3 Å². The normalized spacial score (nSPS) is 23.6. The molecule has 0 fully saturated rings. The Kier molecular flexibility index (Phi) is 2.68. The molecule has 3 nitrogen and oxygen atoms in total. The van der Waals surface area contributed by atoms with Crippen molar-refractivity contribution >= 4 is 5.69 Å². The summed E-state index contributed by atoms with van der Waals surface area (Å²) in [6.07, 6.45) is 5.02. The highest BCUT2D eigenvalue weighted by atomic mass is 16.5. The lowest BCUT2D eigenvalue weighted by Crippen LogP contribution is -2.29. The smallest absolute Gasteiger partial charge is 0.147 e. The van der Waals surface area contributed by atoms with Crippen LogP contribution in [0.2, 0.25) is 0 Å². The molecular weight excluding hydrogens is 202 g/mol. The maximum absolute atomic E-state index is 12.5. The van der Waals surface area contributed by atoms with Crippen molar-refractivity contribution in [3.8, 4) is 0 Å². The van der Waals surface area contributed by atoms with E-state index in [2.05, 4.69) is 0 Å². The molecule has 2 rings (SSSR count). The molecule has 0 aromatic heterocycles. The van der Waals surface area contributed by atoms with E-state index in [9.17, 15) is 10.3 Å². The van der Waals surface area contributed by atoms with E-state index in [1.807, 2.05) is 26.0 Å². The highest BCUT2D eigenvalue weighted by Crippen LogP contribution is 2.33. The minimum Gasteiger partial charge on any atom is -0.617 e. The number of allylic oxidation sites excluding steroid dienone is 2. The topological polar surface area (TPSA) is 43.3 Å². The lowest BCUT2D eigenvalue weighted by Gasteiger charge is -2.34. The Labute approximate surface area is 95.1 Å². The molecule has 1 aromatic carbocycles. The molecular formula is C13H15NO2. The number of aliphatic hydroxyl groups is 1. The second kappa shape index (κ2) is 3.87. The Bertz CT molecular complexity index is 477. The van der Waals surface area contributed by atoms with Gasteiger partial charge in [0.15, 0.2) is 0 Å². The van der Waals surface area contributed by atoms with Gasteiger partial charge in [-0.3, -0.25) is 4.65 Å². The first-order valence-electron chi connectivity index (χ1n) is 5.25. The van der Waals surface area contributed by atoms with E-state index in [0.717, 1.165) is 11.1 Å². The van der Waals surface area contributed by atoms with E-state index in [1.54, 1.807) is 24.5 Å². The third-order valence-corrected chi connectivity index (χ3v) is 2.87. The summed E-state index contributed by atoms with van der Waals surface area (Å²) in [5.41, 5.74) is 3.20. The molecule has 1 aliphatic heterocycles. The molecule has 0 saturated heterocycles. The number of aryl methyl sites for hydroxylation is 1. The average Bonchev–Trinajstić information content (AvgIpc) is 2.59. The van der Waals surface area contributed by atoms with E-state index in [4.69, 9.17) is 0 Å². The minimum atomic E-state index is -0.608. The van der Waals surface area contributed by atoms with Crippen molar-refractivity contribution < 1.29 is 5.11 Å². The first kappa shape index (κ1) is 11.1. The number of benzene rings is 1. The quantitative estimate of drug-likeness (QED) is 0.611. The molecule has 0 aliphatic carbocycles. The fourth-order valence-corrected chi connectivity index (χ4v) is 1.99. The van der Waals surface area contributed by atoms with Crippen LogP contribution < -0.4 is 4.65 Å². The van der Waals surface area contributed by atoms with Crippen LogP contribution in [0.5, 0.6) is 0 Å². The van der Waals surface area contributed by atoms with E-state index < -0.39 is 4.65 Å². The lowest BCUT2D eigenvalue weighted by atomic mass is 10.1. The molecule has 0 saturated carbocycles. The van der Waals surface area contributed by atoms with Gasteiger partial charge >= 0.3 is 0 Å². The van der Waals surface area contributed by atoms with Gasteiger partial charge in [0.2, 0.25) is 0 Å². The third-order valence-electron chi connectivity index (χ3n) is 2.87. The van der Waals surface area contributed by atoms with Crippen molar-refractivity contribution in [1.82, 2.24) is 4.65 Å². The number of rotatable bonds is 2. The maximum Gasteiger partial charge on any atom is 0.147 e. The number of quaternary nitrogens is 1. The monoisotopic (exact) mass is 217 g/mol. The van der Waals surface area contributed by atoms with Gasteiger partial charge in [0.05, 0.1) is 6.61 Å². The van der Waals surface area contributed by atoms with Gasteiger partial charge in [-0.25, -0.2) is 0 Å². The van der Waals surface area contributed by atoms with Crippen molar-refractivity contribution in [3.05, 3.63) is 58.6 Å². The van der Waals surface area contributed by atoms with Gasteiger partial charge in [-0.2, -0.15) is 0 Å². The molecule has 1 N–H and O–H groups in total. The third kappa shape index (κ3) is 1.69. The number of hydroxylamine groups is 2. The molecule has 1 atom stereocenters. The van der Waals surface area contributed by atoms with Gasteiger partial charge in [-0.15, -0.1) is 0 Å². The number of nitrogens with zero attached hydrogens (tertiary/aromatic N) is 1. The molecule has 0 radical (unpaired) electrons. The van der Waals surface area contributed by atoms with Crippen LogP contribution in [0.3, 0.4) is 0 Å². The van der Waals surface area contributed by atoms with E-state index in [1.165, 1.54) is 0 Å². The molecule has 1 unspecified atom stereocenters. The Morgan fingerprint density at radius 1 is 1.31 bits per heavy atom. The predicted molar refractivity (Wildman–Crippen MR) is 65.2 cm³/mol. The van der Waals surface area contributed by atoms with Crippen LogP contribution >= 0.6 is 0 Å². The average molecular weight is 217 g/mol. The van der Waals surface area contributed by atoms with Crippen LogP contribution in [-0.4, -0.2) is 5.11 Å². The van der Waals surface area contributed by atoms with Crippen LogP contribution in [0.15, 0.2) is 42.2 Å². The summed E-state index contributed by atoms with van der Waals surface area (Å²) in [6, 6.07) is 5.51. The largest absolute Gasteiger partial charge is 0.617 e. The van der Waals surface area contributed by atoms with Crippen molar-refractivity contribution in [2.24, 2.45) is 0 Å². The summed E-state index contributed by atoms with van der Waals surface area (Å²) in [7, 11) is 0. The predicted octanol–water partition coefficient (Wildman–Crippen LogP) is 2.72. The highest BCUT2D eigenvalue weighted by Gasteiger charge is 2.23. The van der Waals surface area contributed by atoms with Gasteiger partial charge in [-0.05, 0) is 19.4 Å². The summed E-state index contributed by atoms with van der Waals surface area (Å²) in [5.74, 6) is 0. The van der Waals surface area contributed by atoms with Crippen LogP contribution in [0.4, 0.5) is 5.69 Å². The first-order valence-corrected chi connectivity index (χ1v) is 5.25. The van der Waals surface area contributed by atoms with Crippen LogP contribution in [0.25, 0.3) is 0 Å². The summed E-state index contributed by atoms with van der Waals surface area (Å²) < 4.78 is -0.608. The minimum absolute atomic E-state index is 0.106. The fraction of sp³-hybridized carbons (Fsp3) is 0.231. The summed E-state index contributed by atoms with van der Waals surface area (Å²) >= 11 is 0. The second-order valence-corrected chi connectivity index (χ2v) is 4.13. The summed E-state index contributed by atoms with van der Waals surface area (Å²) in [5, 5.41) is 21.9. The van der Waals surface area contributed by atoms with Crippen molar-refractivity contribution in [2.75, 3.05) is 0 Å². The van der Waals surface area contributed by atoms with E-state index in [0.29, 0.717) is 11.3 Å². The molecule has 0 spiro atoms.